The molecule has 0 fully saturated rings. The lowest BCUT2D eigenvalue weighted by molar-refractivity contribution is -0.116. The van der Waals surface area contributed by atoms with Crippen molar-refractivity contribution in [3.63, 3.8) is 0 Å². The first kappa shape index (κ1) is 29.8. The summed E-state index contributed by atoms with van der Waals surface area (Å²) in [6.45, 7) is 13.3. The van der Waals surface area contributed by atoms with Crippen LogP contribution >= 0.6 is 0 Å². The molecule has 4 aromatic rings. The molecule has 42 heavy (non-hydrogen) atoms. The van der Waals surface area contributed by atoms with Gasteiger partial charge in [-0.15, -0.1) is 0 Å². The molecule has 0 bridgehead atoms. The van der Waals surface area contributed by atoms with E-state index in [0.717, 1.165) is 52.3 Å². The van der Waals surface area contributed by atoms with Crippen molar-refractivity contribution in [2.24, 2.45) is 5.41 Å². The predicted octanol–water partition coefficient (Wildman–Crippen LogP) is 9.40. The third-order valence-corrected chi connectivity index (χ3v) is 9.15. The number of hydrogen-bond acceptors (Lipinski definition) is 3. The molecule has 217 valence electrons. The summed E-state index contributed by atoms with van der Waals surface area (Å²) in [5.74, 6) is 1.56. The van der Waals surface area contributed by atoms with Crippen LogP contribution < -0.4 is 10.1 Å². The second kappa shape index (κ2) is 12.3. The third kappa shape index (κ3) is 6.08. The van der Waals surface area contributed by atoms with Crippen LogP contribution in [0.5, 0.6) is 11.5 Å². The van der Waals surface area contributed by atoms with Crippen LogP contribution in [0.1, 0.15) is 67.3 Å². The van der Waals surface area contributed by atoms with Crippen molar-refractivity contribution in [2.75, 3.05) is 5.32 Å². The van der Waals surface area contributed by atoms with E-state index in [1.165, 1.54) is 5.56 Å². The smallest absolute Gasteiger partial charge is 0.225 e. The number of benzene rings is 4. The summed E-state index contributed by atoms with van der Waals surface area (Å²) in [7, 11) is -1.00. The van der Waals surface area contributed by atoms with Gasteiger partial charge in [0.2, 0.25) is 14.9 Å². The van der Waals surface area contributed by atoms with Crippen LogP contribution in [-0.2, 0) is 21.2 Å². The normalized spacial score (nSPS) is 14.5. The minimum absolute atomic E-state index is 0.00365. The molecule has 1 heterocycles. The van der Waals surface area contributed by atoms with Gasteiger partial charge in [-0.3, -0.25) is 4.79 Å². The first-order valence-corrected chi connectivity index (χ1v) is 17.3. The SMILES string of the molecule is Cc1cccc(CCC(O[Si](C)C)(c2ccccc2)C(C)(C)C)c1NC(=O)CC1c2ccccc2Oc2ccccc21. The standard InChI is InChI=1S/C37H42NO3Si/c1-26-15-14-16-27(23-24-37(36(2,3)4,41-42(5)6)28-17-8-7-9-18-28)35(26)38-34(39)25-31-29-19-10-12-21-32(29)40-33-22-13-11-20-30(31)33/h7-22,31H,23-25H2,1-6H3,(H,38,39). The average Bonchev–Trinajstić information content (AvgIpc) is 2.96. The van der Waals surface area contributed by atoms with Crippen molar-refractivity contribution >= 4 is 20.6 Å². The third-order valence-electron chi connectivity index (χ3n) is 8.40. The van der Waals surface area contributed by atoms with E-state index in [9.17, 15) is 4.79 Å². The Morgan fingerprint density at radius 2 is 1.43 bits per heavy atom. The lowest BCUT2D eigenvalue weighted by Crippen LogP contribution is -2.45. The van der Waals surface area contributed by atoms with Crippen molar-refractivity contribution in [1.82, 2.24) is 0 Å². The summed E-state index contributed by atoms with van der Waals surface area (Å²) in [6, 6.07) is 33.0. The van der Waals surface area contributed by atoms with Gasteiger partial charge in [0.25, 0.3) is 0 Å². The van der Waals surface area contributed by atoms with E-state index in [2.05, 4.69) is 107 Å². The number of fused-ring (bicyclic) bond motifs is 2. The Kier molecular flexibility index (Phi) is 8.72. The van der Waals surface area contributed by atoms with Gasteiger partial charge in [-0.2, -0.15) is 0 Å². The molecule has 0 saturated heterocycles. The van der Waals surface area contributed by atoms with Gasteiger partial charge in [0.05, 0.1) is 5.60 Å². The molecule has 5 rings (SSSR count). The molecule has 1 atom stereocenters. The minimum Gasteiger partial charge on any atom is -0.457 e. The number of amides is 1. The van der Waals surface area contributed by atoms with Gasteiger partial charge in [0.1, 0.15) is 11.5 Å². The van der Waals surface area contributed by atoms with Crippen molar-refractivity contribution in [2.45, 2.75) is 71.6 Å². The van der Waals surface area contributed by atoms with Gasteiger partial charge < -0.3 is 14.5 Å². The summed E-state index contributed by atoms with van der Waals surface area (Å²) in [4.78, 5) is 13.8. The van der Waals surface area contributed by atoms with E-state index < -0.39 is 14.6 Å². The molecule has 0 aliphatic carbocycles. The highest BCUT2D eigenvalue weighted by Gasteiger charge is 2.44. The highest BCUT2D eigenvalue weighted by atomic mass is 28.3. The van der Waals surface area contributed by atoms with Crippen molar-refractivity contribution in [3.05, 3.63) is 125 Å². The Hall–Kier alpha value is -3.67. The number of carbonyl (C=O) groups excluding carboxylic acids is 1. The molecule has 1 unspecified atom stereocenters. The summed E-state index contributed by atoms with van der Waals surface area (Å²) in [5, 5.41) is 3.33. The van der Waals surface area contributed by atoms with E-state index in [1.54, 1.807) is 0 Å². The second-order valence-electron chi connectivity index (χ2n) is 12.5. The van der Waals surface area contributed by atoms with Crippen LogP contribution in [0.25, 0.3) is 0 Å². The van der Waals surface area contributed by atoms with Crippen LogP contribution in [-0.4, -0.2) is 14.9 Å². The van der Waals surface area contributed by atoms with Gasteiger partial charge in [0.15, 0.2) is 0 Å². The zero-order chi connectivity index (χ0) is 29.9. The molecule has 5 heteroatoms. The molecule has 1 aliphatic rings. The maximum Gasteiger partial charge on any atom is 0.225 e. The molecule has 1 radical (unpaired) electrons. The van der Waals surface area contributed by atoms with Crippen molar-refractivity contribution in [3.8, 4) is 11.5 Å². The van der Waals surface area contributed by atoms with Crippen molar-refractivity contribution in [1.29, 1.82) is 0 Å². The Labute approximate surface area is 252 Å². The van der Waals surface area contributed by atoms with E-state index in [-0.39, 0.29) is 17.2 Å². The molecule has 0 aromatic heterocycles. The second-order valence-corrected chi connectivity index (χ2v) is 14.6. The summed E-state index contributed by atoms with van der Waals surface area (Å²) in [6.07, 6.45) is 1.92. The average molecular weight is 577 g/mol. The molecule has 4 nitrogen and oxygen atoms in total. The number of aryl methyl sites for hydroxylation is 2. The fourth-order valence-corrected chi connectivity index (χ4v) is 7.53. The molecule has 1 aliphatic heterocycles. The molecule has 1 amide bonds. The molecular weight excluding hydrogens is 534 g/mol. The van der Waals surface area contributed by atoms with Crippen LogP contribution in [0.4, 0.5) is 5.69 Å². The molecule has 1 N–H and O–H groups in total. The van der Waals surface area contributed by atoms with E-state index in [4.69, 9.17) is 9.16 Å². The van der Waals surface area contributed by atoms with Crippen LogP contribution in [0.15, 0.2) is 97.1 Å². The lowest BCUT2D eigenvalue weighted by atomic mass is 9.69. The van der Waals surface area contributed by atoms with E-state index in [1.807, 2.05) is 36.4 Å². The first-order valence-electron chi connectivity index (χ1n) is 14.9. The zero-order valence-electron chi connectivity index (χ0n) is 25.7. The summed E-state index contributed by atoms with van der Waals surface area (Å²) < 4.78 is 13.1. The minimum atomic E-state index is -1.00. The maximum absolute atomic E-state index is 13.8. The number of carbonyl (C=O) groups is 1. The highest BCUT2D eigenvalue weighted by molar-refractivity contribution is 6.48. The number of nitrogens with one attached hydrogen (secondary N) is 1. The van der Waals surface area contributed by atoms with Gasteiger partial charge in [-0.05, 0) is 67.1 Å². The number of anilines is 1. The van der Waals surface area contributed by atoms with E-state index in [0.29, 0.717) is 6.42 Å². The van der Waals surface area contributed by atoms with Gasteiger partial charge in [0, 0.05) is 29.2 Å². The maximum atomic E-state index is 13.8. The van der Waals surface area contributed by atoms with Gasteiger partial charge in [-0.25, -0.2) is 0 Å². The fourth-order valence-electron chi connectivity index (χ4n) is 6.30. The molecular formula is C37H42NO3Si. The molecule has 4 aromatic carbocycles. The number of rotatable bonds is 9. The Bertz CT molecular complexity index is 1500. The fraction of sp³-hybridized carbons (Fsp3) is 0.324. The zero-order valence-corrected chi connectivity index (χ0v) is 26.7. The number of hydrogen-bond donors (Lipinski definition) is 1. The van der Waals surface area contributed by atoms with E-state index >= 15 is 0 Å². The van der Waals surface area contributed by atoms with Crippen LogP contribution in [0, 0.1) is 12.3 Å². The van der Waals surface area contributed by atoms with Gasteiger partial charge in [-0.1, -0.05) is 106 Å². The number of para-hydroxylation sites is 3. The monoisotopic (exact) mass is 576 g/mol. The Balaban J connectivity index is 1.42. The van der Waals surface area contributed by atoms with Crippen molar-refractivity contribution < 1.29 is 14.0 Å². The predicted molar refractivity (Wildman–Crippen MR) is 174 cm³/mol. The molecule has 0 spiro atoms. The highest BCUT2D eigenvalue weighted by Crippen LogP contribution is 2.48. The topological polar surface area (TPSA) is 47.6 Å². The van der Waals surface area contributed by atoms with Gasteiger partial charge >= 0.3 is 0 Å². The Morgan fingerprint density at radius 3 is 2.02 bits per heavy atom. The quantitative estimate of drug-likeness (QED) is 0.202. The Morgan fingerprint density at radius 1 is 0.833 bits per heavy atom. The van der Waals surface area contributed by atoms with Crippen LogP contribution in [0.3, 0.4) is 0 Å². The summed E-state index contributed by atoms with van der Waals surface area (Å²) >= 11 is 0. The molecule has 0 saturated carbocycles. The first-order chi connectivity index (χ1) is 20.1. The lowest BCUT2D eigenvalue weighted by Gasteiger charge is -2.47. The van der Waals surface area contributed by atoms with Crippen LogP contribution in [0.2, 0.25) is 13.1 Å². The number of ether oxygens (including phenoxy) is 1. The summed E-state index contributed by atoms with van der Waals surface area (Å²) in [5.41, 5.74) is 5.81. The largest absolute Gasteiger partial charge is 0.457 e.